The lowest BCUT2D eigenvalue weighted by atomic mass is 10.2. The van der Waals surface area contributed by atoms with Gasteiger partial charge in [-0.2, -0.15) is 0 Å². The van der Waals surface area contributed by atoms with Gasteiger partial charge in [-0.05, 0) is 30.3 Å². The van der Waals surface area contributed by atoms with Gasteiger partial charge in [0, 0.05) is 21.2 Å². The Kier molecular flexibility index (Phi) is 5.34. The maximum absolute atomic E-state index is 10.8. The molecule has 0 radical (unpaired) electrons. The first kappa shape index (κ1) is 16.0. The third kappa shape index (κ3) is 3.82. The lowest BCUT2D eigenvalue weighted by Crippen LogP contribution is -2.00. The molecule has 0 saturated carbocycles. The number of benzene rings is 2. The van der Waals surface area contributed by atoms with Crippen molar-refractivity contribution in [3.05, 3.63) is 56.5 Å². The van der Waals surface area contributed by atoms with Gasteiger partial charge in [-0.25, -0.2) is 0 Å². The zero-order chi connectivity index (χ0) is 15.4. The van der Waals surface area contributed by atoms with Crippen LogP contribution in [-0.4, -0.2) is 13.4 Å². The Morgan fingerprint density at radius 3 is 2.52 bits per heavy atom. The van der Waals surface area contributed by atoms with Crippen molar-refractivity contribution in [1.29, 1.82) is 0 Å². The van der Waals surface area contributed by atoms with Crippen molar-refractivity contribution in [2.24, 2.45) is 0 Å². The monoisotopic (exact) mass is 344 g/mol. The van der Waals surface area contributed by atoms with Gasteiger partial charge in [0.25, 0.3) is 0 Å². The average Bonchev–Trinajstić information content (AvgIpc) is 2.48. The molecule has 0 amide bonds. The minimum Gasteiger partial charge on any atom is -0.493 e. The van der Waals surface area contributed by atoms with Crippen molar-refractivity contribution < 1.29 is 14.3 Å². The number of methoxy groups -OCH3 is 1. The zero-order valence-electron chi connectivity index (χ0n) is 11.0. The van der Waals surface area contributed by atoms with Crippen LogP contribution in [0.25, 0.3) is 0 Å². The minimum atomic E-state index is 0.176. The van der Waals surface area contributed by atoms with Crippen LogP contribution in [0.5, 0.6) is 11.5 Å². The molecule has 3 nitrogen and oxygen atoms in total. The molecule has 2 aromatic rings. The van der Waals surface area contributed by atoms with E-state index in [4.69, 9.17) is 44.3 Å². The Balaban J connectivity index is 2.27. The molecule has 0 spiro atoms. The van der Waals surface area contributed by atoms with Crippen LogP contribution >= 0.6 is 34.8 Å². The van der Waals surface area contributed by atoms with E-state index in [2.05, 4.69) is 0 Å². The summed E-state index contributed by atoms with van der Waals surface area (Å²) in [5, 5.41) is 1.39. The Morgan fingerprint density at radius 1 is 1.10 bits per heavy atom. The van der Waals surface area contributed by atoms with E-state index in [0.717, 1.165) is 5.56 Å². The van der Waals surface area contributed by atoms with Crippen molar-refractivity contribution in [1.82, 2.24) is 0 Å². The highest BCUT2D eigenvalue weighted by molar-refractivity contribution is 6.33. The average molecular weight is 346 g/mol. The summed E-state index contributed by atoms with van der Waals surface area (Å²) in [5.74, 6) is 0.726. The maximum atomic E-state index is 10.8. The third-order valence-electron chi connectivity index (χ3n) is 2.77. The second kappa shape index (κ2) is 7.03. The molecule has 110 valence electrons. The van der Waals surface area contributed by atoms with E-state index in [0.29, 0.717) is 33.4 Å². The highest BCUT2D eigenvalue weighted by Crippen LogP contribution is 2.37. The van der Waals surface area contributed by atoms with Gasteiger partial charge >= 0.3 is 0 Å². The Hall–Kier alpha value is -1.42. The molecule has 0 aromatic heterocycles. The van der Waals surface area contributed by atoms with E-state index in [9.17, 15) is 4.79 Å². The smallest absolute Gasteiger partial charge is 0.180 e. The third-order valence-corrected chi connectivity index (χ3v) is 3.65. The van der Waals surface area contributed by atoms with Crippen LogP contribution in [-0.2, 0) is 6.61 Å². The van der Waals surface area contributed by atoms with E-state index in [1.165, 1.54) is 13.2 Å². The summed E-state index contributed by atoms with van der Waals surface area (Å²) in [5.41, 5.74) is 1.13. The number of hydrogen-bond donors (Lipinski definition) is 0. The van der Waals surface area contributed by atoms with Gasteiger partial charge in [0.2, 0.25) is 0 Å². The van der Waals surface area contributed by atoms with E-state index < -0.39 is 0 Å². The molecule has 2 aromatic carbocycles. The number of aldehydes is 1. The number of halogens is 3. The molecule has 0 atom stereocenters. The molecule has 0 fully saturated rings. The molecule has 0 bridgehead atoms. The Bertz CT molecular complexity index is 671. The van der Waals surface area contributed by atoms with Gasteiger partial charge in [-0.3, -0.25) is 4.79 Å². The second-order valence-corrected chi connectivity index (χ2v) is 5.43. The fourth-order valence-corrected chi connectivity index (χ4v) is 2.39. The predicted octanol–water partition coefficient (Wildman–Crippen LogP) is 5.05. The first-order valence-electron chi connectivity index (χ1n) is 5.94. The molecule has 0 aliphatic heterocycles. The van der Waals surface area contributed by atoms with Crippen LogP contribution in [0, 0.1) is 0 Å². The maximum Gasteiger partial charge on any atom is 0.180 e. The second-order valence-electron chi connectivity index (χ2n) is 4.18. The summed E-state index contributed by atoms with van der Waals surface area (Å²) in [6.45, 7) is 0.176. The highest BCUT2D eigenvalue weighted by atomic mass is 35.5. The standard InChI is InChI=1S/C15H11Cl3O3/c1-20-14-5-9(7-19)4-13(18)15(14)21-8-10-6-11(16)2-3-12(10)17/h2-7H,8H2,1H3. The van der Waals surface area contributed by atoms with Crippen molar-refractivity contribution in [2.75, 3.05) is 7.11 Å². The lowest BCUT2D eigenvalue weighted by molar-refractivity contribution is 0.112. The van der Waals surface area contributed by atoms with Crippen molar-refractivity contribution in [2.45, 2.75) is 6.61 Å². The van der Waals surface area contributed by atoms with Gasteiger partial charge in [0.15, 0.2) is 11.5 Å². The number of hydrogen-bond acceptors (Lipinski definition) is 3. The molecular formula is C15H11Cl3O3. The lowest BCUT2D eigenvalue weighted by Gasteiger charge is -2.13. The molecule has 0 saturated heterocycles. The first-order chi connectivity index (χ1) is 10.0. The summed E-state index contributed by atoms with van der Waals surface area (Å²) in [6.07, 6.45) is 0.687. The number of carbonyl (C=O) groups excluding carboxylic acids is 1. The fourth-order valence-electron chi connectivity index (χ4n) is 1.75. The van der Waals surface area contributed by atoms with Crippen LogP contribution in [0.2, 0.25) is 15.1 Å². The number of rotatable bonds is 5. The minimum absolute atomic E-state index is 0.176. The summed E-state index contributed by atoms with van der Waals surface area (Å²) < 4.78 is 10.8. The van der Waals surface area contributed by atoms with Crippen LogP contribution in [0.15, 0.2) is 30.3 Å². The normalized spacial score (nSPS) is 10.3. The summed E-state index contributed by atoms with van der Waals surface area (Å²) in [6, 6.07) is 8.15. The largest absolute Gasteiger partial charge is 0.493 e. The highest BCUT2D eigenvalue weighted by Gasteiger charge is 2.13. The van der Waals surface area contributed by atoms with Gasteiger partial charge in [0.05, 0.1) is 12.1 Å². The van der Waals surface area contributed by atoms with Gasteiger partial charge in [0.1, 0.15) is 12.9 Å². The van der Waals surface area contributed by atoms with Gasteiger partial charge in [-0.15, -0.1) is 0 Å². The van der Waals surface area contributed by atoms with Crippen molar-refractivity contribution in [3.63, 3.8) is 0 Å². The topological polar surface area (TPSA) is 35.5 Å². The summed E-state index contributed by atoms with van der Waals surface area (Å²) in [4.78, 5) is 10.8. The molecular weight excluding hydrogens is 335 g/mol. The molecule has 0 aliphatic carbocycles. The van der Waals surface area contributed by atoms with Crippen LogP contribution < -0.4 is 9.47 Å². The first-order valence-corrected chi connectivity index (χ1v) is 7.08. The van der Waals surface area contributed by atoms with E-state index in [1.807, 2.05) is 0 Å². The predicted molar refractivity (Wildman–Crippen MR) is 84.2 cm³/mol. The van der Waals surface area contributed by atoms with E-state index >= 15 is 0 Å². The van der Waals surface area contributed by atoms with E-state index in [1.54, 1.807) is 24.3 Å². The molecule has 0 heterocycles. The van der Waals surface area contributed by atoms with Crippen molar-refractivity contribution >= 4 is 41.1 Å². The Labute approximate surface area is 137 Å². The van der Waals surface area contributed by atoms with Crippen LogP contribution in [0.1, 0.15) is 15.9 Å². The van der Waals surface area contributed by atoms with Gasteiger partial charge in [-0.1, -0.05) is 34.8 Å². The quantitative estimate of drug-likeness (QED) is 0.712. The van der Waals surface area contributed by atoms with Crippen molar-refractivity contribution in [3.8, 4) is 11.5 Å². The van der Waals surface area contributed by atoms with Gasteiger partial charge < -0.3 is 9.47 Å². The molecule has 2 rings (SSSR count). The molecule has 21 heavy (non-hydrogen) atoms. The number of carbonyl (C=O) groups is 1. The van der Waals surface area contributed by atoms with Crippen LogP contribution in [0.3, 0.4) is 0 Å². The number of ether oxygens (including phenoxy) is 2. The Morgan fingerprint density at radius 2 is 1.86 bits per heavy atom. The molecule has 6 heteroatoms. The molecule has 0 unspecified atom stereocenters. The summed E-state index contributed by atoms with van der Waals surface area (Å²) in [7, 11) is 1.47. The SMILES string of the molecule is COc1cc(C=O)cc(Cl)c1OCc1cc(Cl)ccc1Cl. The summed E-state index contributed by atoms with van der Waals surface area (Å²) >= 11 is 18.1. The van der Waals surface area contributed by atoms with Crippen LogP contribution in [0.4, 0.5) is 0 Å². The zero-order valence-corrected chi connectivity index (χ0v) is 13.3. The fraction of sp³-hybridized carbons (Fsp3) is 0.133. The molecule has 0 aliphatic rings. The van der Waals surface area contributed by atoms with E-state index in [-0.39, 0.29) is 11.6 Å². The molecule has 0 N–H and O–H groups in total.